The topological polar surface area (TPSA) is 97.3 Å². The fourth-order valence-electron chi connectivity index (χ4n) is 3.25. The van der Waals surface area contributed by atoms with Gasteiger partial charge in [0.1, 0.15) is 5.75 Å². The van der Waals surface area contributed by atoms with Crippen LogP contribution in [0.1, 0.15) is 10.4 Å². The zero-order valence-electron chi connectivity index (χ0n) is 18.0. The fraction of sp³-hybridized carbons (Fsp3) is 0.0800. The number of amides is 2. The molecule has 0 aliphatic heterocycles. The summed E-state index contributed by atoms with van der Waals surface area (Å²) in [5, 5.41) is 7.38. The average molecular weight is 441 g/mol. The minimum Gasteiger partial charge on any atom is -0.497 e. The molecule has 0 bridgehead atoms. The number of nitrogens with zero attached hydrogens (tertiary/aromatic N) is 2. The Kier molecular flexibility index (Phi) is 6.65. The molecule has 4 rings (SSSR count). The first-order valence-corrected chi connectivity index (χ1v) is 10.3. The molecule has 0 aliphatic rings. The van der Waals surface area contributed by atoms with E-state index in [4.69, 9.17) is 4.74 Å². The smallest absolute Gasteiger partial charge is 0.269 e. The molecular formula is C25H23N5O3. The summed E-state index contributed by atoms with van der Waals surface area (Å²) in [4.78, 5) is 24.7. The maximum atomic E-state index is 12.6. The van der Waals surface area contributed by atoms with E-state index in [1.165, 1.54) is 0 Å². The van der Waals surface area contributed by atoms with Crippen molar-refractivity contribution in [3.8, 4) is 22.7 Å². The van der Waals surface area contributed by atoms with Crippen LogP contribution in [0.3, 0.4) is 0 Å². The number of rotatable bonds is 7. The Morgan fingerprint density at radius 2 is 1.70 bits per heavy atom. The largest absolute Gasteiger partial charge is 0.497 e. The fourth-order valence-corrected chi connectivity index (χ4v) is 3.25. The normalized spacial score (nSPS) is 10.3. The highest BCUT2D eigenvalue weighted by atomic mass is 16.5. The summed E-state index contributed by atoms with van der Waals surface area (Å²) in [6, 6.07) is 26.0. The first-order chi connectivity index (χ1) is 16.1. The Hall–Kier alpha value is -4.59. The van der Waals surface area contributed by atoms with Crippen molar-refractivity contribution in [3.63, 3.8) is 0 Å². The van der Waals surface area contributed by atoms with Gasteiger partial charge in [0.05, 0.1) is 31.2 Å². The van der Waals surface area contributed by atoms with Crippen molar-refractivity contribution < 1.29 is 14.3 Å². The lowest BCUT2D eigenvalue weighted by atomic mass is 10.1. The zero-order valence-corrected chi connectivity index (χ0v) is 18.0. The van der Waals surface area contributed by atoms with Crippen LogP contribution in [0.15, 0.2) is 91.1 Å². The van der Waals surface area contributed by atoms with Crippen LogP contribution < -0.4 is 20.9 Å². The number of hydrazine groups is 1. The first-order valence-electron chi connectivity index (χ1n) is 10.3. The summed E-state index contributed by atoms with van der Waals surface area (Å²) in [5.41, 5.74) is 8.68. The number of carbonyl (C=O) groups is 2. The number of anilines is 1. The molecule has 33 heavy (non-hydrogen) atoms. The van der Waals surface area contributed by atoms with E-state index >= 15 is 0 Å². The van der Waals surface area contributed by atoms with E-state index in [0.29, 0.717) is 5.56 Å². The van der Waals surface area contributed by atoms with Gasteiger partial charge in [-0.15, -0.1) is 0 Å². The first kappa shape index (κ1) is 21.6. The summed E-state index contributed by atoms with van der Waals surface area (Å²) in [6.07, 6.45) is 1.71. The lowest BCUT2D eigenvalue weighted by Gasteiger charge is -2.11. The van der Waals surface area contributed by atoms with Crippen LogP contribution in [0.5, 0.6) is 5.75 Å². The Balaban J connectivity index is 1.36. The molecule has 0 unspecified atom stereocenters. The van der Waals surface area contributed by atoms with Gasteiger partial charge >= 0.3 is 0 Å². The quantitative estimate of drug-likeness (QED) is 0.382. The zero-order chi connectivity index (χ0) is 23.0. The molecule has 1 aromatic heterocycles. The van der Waals surface area contributed by atoms with E-state index < -0.39 is 5.91 Å². The van der Waals surface area contributed by atoms with Crippen molar-refractivity contribution in [2.24, 2.45) is 0 Å². The van der Waals surface area contributed by atoms with Crippen LogP contribution >= 0.6 is 0 Å². The molecule has 0 radical (unpaired) electrons. The number of hydrogen-bond acceptors (Lipinski definition) is 5. The maximum Gasteiger partial charge on any atom is 0.269 e. The maximum absolute atomic E-state index is 12.6. The van der Waals surface area contributed by atoms with Crippen molar-refractivity contribution >= 4 is 17.5 Å². The highest BCUT2D eigenvalue weighted by molar-refractivity contribution is 5.96. The van der Waals surface area contributed by atoms with Gasteiger partial charge in [0.15, 0.2) is 0 Å². The Morgan fingerprint density at radius 1 is 0.909 bits per heavy atom. The molecule has 1 heterocycles. The predicted molar refractivity (Wildman–Crippen MR) is 126 cm³/mol. The third-order valence-corrected chi connectivity index (χ3v) is 4.92. The number of ether oxygens (including phenoxy) is 1. The average Bonchev–Trinajstić information content (AvgIpc) is 3.37. The summed E-state index contributed by atoms with van der Waals surface area (Å²) in [5.74, 6) is -0.0812. The molecule has 166 valence electrons. The Morgan fingerprint density at radius 3 is 2.45 bits per heavy atom. The molecule has 3 aromatic carbocycles. The van der Waals surface area contributed by atoms with Gasteiger partial charge in [-0.25, -0.2) is 4.68 Å². The van der Waals surface area contributed by atoms with Gasteiger partial charge in [-0.2, -0.15) is 5.10 Å². The van der Waals surface area contributed by atoms with Gasteiger partial charge in [-0.3, -0.25) is 20.4 Å². The SMILES string of the molecule is COc1ccc(NCC(=O)NNC(=O)c2cccc(-n3nccc3-c3ccccc3)c2)cc1. The lowest BCUT2D eigenvalue weighted by Crippen LogP contribution is -2.44. The summed E-state index contributed by atoms with van der Waals surface area (Å²) in [7, 11) is 1.59. The second kappa shape index (κ2) is 10.1. The molecule has 8 heteroatoms. The number of aromatic nitrogens is 2. The van der Waals surface area contributed by atoms with Crippen LogP contribution in [0.2, 0.25) is 0 Å². The molecule has 0 atom stereocenters. The van der Waals surface area contributed by atoms with Gasteiger partial charge in [-0.1, -0.05) is 36.4 Å². The van der Waals surface area contributed by atoms with Gasteiger partial charge < -0.3 is 10.1 Å². The van der Waals surface area contributed by atoms with Crippen molar-refractivity contribution in [1.82, 2.24) is 20.6 Å². The third kappa shape index (κ3) is 5.37. The van der Waals surface area contributed by atoms with Gasteiger partial charge in [0.2, 0.25) is 0 Å². The van der Waals surface area contributed by atoms with E-state index in [2.05, 4.69) is 21.3 Å². The Labute approximate surface area is 191 Å². The molecule has 3 N–H and O–H groups in total. The molecule has 4 aromatic rings. The molecule has 8 nitrogen and oxygen atoms in total. The standard InChI is InChI=1S/C25H23N5O3/c1-33-22-12-10-20(11-13-22)26-17-24(31)28-29-25(32)19-8-5-9-21(16-19)30-23(14-15-27-30)18-6-3-2-4-7-18/h2-16,26H,17H2,1H3,(H,28,31)(H,29,32). The summed E-state index contributed by atoms with van der Waals surface area (Å²) < 4.78 is 6.87. The number of hydrogen-bond donors (Lipinski definition) is 3. The van der Waals surface area contributed by atoms with Crippen LogP contribution in [0.25, 0.3) is 16.9 Å². The molecule has 0 saturated carbocycles. The van der Waals surface area contributed by atoms with E-state index in [9.17, 15) is 9.59 Å². The summed E-state index contributed by atoms with van der Waals surface area (Å²) >= 11 is 0. The van der Waals surface area contributed by atoms with E-state index in [-0.39, 0.29) is 12.5 Å². The van der Waals surface area contributed by atoms with Crippen LogP contribution in [0, 0.1) is 0 Å². The van der Waals surface area contributed by atoms with Crippen molar-refractivity contribution in [1.29, 1.82) is 0 Å². The molecule has 0 aliphatic carbocycles. The highest BCUT2D eigenvalue weighted by Crippen LogP contribution is 2.22. The summed E-state index contributed by atoms with van der Waals surface area (Å²) in [6.45, 7) is 0.000368. The van der Waals surface area contributed by atoms with Gasteiger partial charge in [0.25, 0.3) is 11.8 Å². The van der Waals surface area contributed by atoms with Crippen molar-refractivity contribution in [3.05, 3.63) is 96.7 Å². The second-order valence-corrected chi connectivity index (χ2v) is 7.13. The molecule has 0 fully saturated rings. The monoisotopic (exact) mass is 441 g/mol. The van der Waals surface area contributed by atoms with Crippen LogP contribution in [0.4, 0.5) is 5.69 Å². The van der Waals surface area contributed by atoms with Gasteiger partial charge in [0, 0.05) is 16.8 Å². The number of nitrogens with one attached hydrogen (secondary N) is 3. The van der Waals surface area contributed by atoms with Crippen molar-refractivity contribution in [2.75, 3.05) is 19.0 Å². The van der Waals surface area contributed by atoms with E-state index in [1.807, 2.05) is 42.5 Å². The number of carbonyl (C=O) groups excluding carboxylic acids is 2. The van der Waals surface area contributed by atoms with E-state index in [0.717, 1.165) is 28.4 Å². The van der Waals surface area contributed by atoms with E-state index in [1.54, 1.807) is 60.5 Å². The number of methoxy groups -OCH3 is 1. The molecule has 0 spiro atoms. The molecule has 2 amide bonds. The molecule has 0 saturated heterocycles. The Bertz CT molecular complexity index is 1240. The third-order valence-electron chi connectivity index (χ3n) is 4.92. The predicted octanol–water partition coefficient (Wildman–Crippen LogP) is 3.42. The minimum absolute atomic E-state index is 0.000368. The van der Waals surface area contributed by atoms with Gasteiger partial charge in [-0.05, 0) is 48.5 Å². The van der Waals surface area contributed by atoms with Crippen molar-refractivity contribution in [2.45, 2.75) is 0 Å². The second-order valence-electron chi connectivity index (χ2n) is 7.13. The van der Waals surface area contributed by atoms with Crippen LogP contribution in [-0.2, 0) is 4.79 Å². The lowest BCUT2D eigenvalue weighted by molar-refractivity contribution is -0.120. The molecular weight excluding hydrogens is 418 g/mol. The highest BCUT2D eigenvalue weighted by Gasteiger charge is 2.11. The minimum atomic E-state index is -0.428. The number of benzene rings is 3. The van der Waals surface area contributed by atoms with Crippen LogP contribution in [-0.4, -0.2) is 35.2 Å².